The van der Waals surface area contributed by atoms with E-state index in [1.807, 2.05) is 32.0 Å². The Kier molecular flexibility index (Phi) is 3.92. The van der Waals surface area contributed by atoms with Crippen LogP contribution in [0.3, 0.4) is 0 Å². The lowest BCUT2D eigenvalue weighted by molar-refractivity contribution is 0.102. The van der Waals surface area contributed by atoms with Gasteiger partial charge >= 0.3 is 0 Å². The van der Waals surface area contributed by atoms with E-state index in [1.165, 1.54) is 0 Å². The Labute approximate surface area is 138 Å². The number of benzene rings is 2. The van der Waals surface area contributed by atoms with Crippen LogP contribution in [0.4, 0.5) is 5.69 Å². The van der Waals surface area contributed by atoms with Gasteiger partial charge in [0.1, 0.15) is 11.1 Å². The van der Waals surface area contributed by atoms with E-state index in [0.29, 0.717) is 16.0 Å². The molecule has 1 amide bonds. The number of hydrogen-bond acceptors (Lipinski definition) is 3. The fourth-order valence-electron chi connectivity index (χ4n) is 2.34. The smallest absolute Gasteiger partial charge is 0.261 e. The highest BCUT2D eigenvalue weighted by molar-refractivity contribution is 6.31. The van der Waals surface area contributed by atoms with Crippen molar-refractivity contribution < 1.29 is 9.21 Å². The SMILES string of the molecule is Cc1ccc(C)c(NC(=O)c2cc3cc(Cl)ccc3oc2=N)c1. The average molecular weight is 327 g/mol. The van der Waals surface area contributed by atoms with Gasteiger partial charge in [-0.25, -0.2) is 0 Å². The van der Waals surface area contributed by atoms with E-state index in [4.69, 9.17) is 21.4 Å². The number of carbonyl (C=O) groups excluding carboxylic acids is 1. The maximum atomic E-state index is 12.5. The highest BCUT2D eigenvalue weighted by atomic mass is 35.5. The van der Waals surface area contributed by atoms with Crippen LogP contribution in [0, 0.1) is 19.3 Å². The van der Waals surface area contributed by atoms with E-state index in [-0.39, 0.29) is 17.0 Å². The number of hydrogen-bond donors (Lipinski definition) is 2. The summed E-state index contributed by atoms with van der Waals surface area (Å²) < 4.78 is 5.41. The second-order valence-corrected chi connectivity index (χ2v) is 5.88. The van der Waals surface area contributed by atoms with Crippen LogP contribution in [-0.2, 0) is 0 Å². The molecule has 0 aliphatic rings. The fraction of sp³-hybridized carbons (Fsp3) is 0.111. The Bertz CT molecular complexity index is 976. The second-order valence-electron chi connectivity index (χ2n) is 5.44. The maximum absolute atomic E-state index is 12.5. The molecule has 0 spiro atoms. The van der Waals surface area contributed by atoms with Crippen LogP contribution < -0.4 is 10.9 Å². The molecule has 0 atom stereocenters. The number of halogens is 1. The molecule has 3 rings (SSSR count). The molecule has 0 bridgehead atoms. The number of carbonyl (C=O) groups is 1. The van der Waals surface area contributed by atoms with Crippen molar-refractivity contribution in [2.24, 2.45) is 0 Å². The molecule has 0 saturated heterocycles. The van der Waals surface area contributed by atoms with Gasteiger partial charge in [0.05, 0.1) is 0 Å². The zero-order valence-electron chi connectivity index (χ0n) is 12.7. The Morgan fingerprint density at radius 2 is 1.91 bits per heavy atom. The predicted molar refractivity (Wildman–Crippen MR) is 90.9 cm³/mol. The molecule has 1 heterocycles. The third kappa shape index (κ3) is 3.12. The van der Waals surface area contributed by atoms with Gasteiger partial charge in [0, 0.05) is 16.1 Å². The third-order valence-electron chi connectivity index (χ3n) is 3.61. The van der Waals surface area contributed by atoms with Crippen molar-refractivity contribution in [3.8, 4) is 0 Å². The van der Waals surface area contributed by atoms with Crippen molar-refractivity contribution in [3.05, 3.63) is 69.7 Å². The molecule has 3 aromatic rings. The lowest BCUT2D eigenvalue weighted by Crippen LogP contribution is -2.21. The van der Waals surface area contributed by atoms with E-state index in [1.54, 1.807) is 24.3 Å². The van der Waals surface area contributed by atoms with Crippen LogP contribution in [0.25, 0.3) is 11.0 Å². The molecule has 0 fully saturated rings. The Morgan fingerprint density at radius 1 is 1.13 bits per heavy atom. The van der Waals surface area contributed by atoms with E-state index in [2.05, 4.69) is 5.32 Å². The largest absolute Gasteiger partial charge is 0.438 e. The quantitative estimate of drug-likeness (QED) is 0.731. The zero-order valence-corrected chi connectivity index (χ0v) is 13.5. The predicted octanol–water partition coefficient (Wildman–Crippen LogP) is 4.43. The van der Waals surface area contributed by atoms with Crippen LogP contribution in [0.5, 0.6) is 0 Å². The van der Waals surface area contributed by atoms with Gasteiger partial charge in [-0.1, -0.05) is 23.7 Å². The summed E-state index contributed by atoms with van der Waals surface area (Å²) in [5, 5.41) is 12.0. The van der Waals surface area contributed by atoms with Crippen molar-refractivity contribution in [2.45, 2.75) is 13.8 Å². The minimum absolute atomic E-state index is 0.167. The molecular weight excluding hydrogens is 312 g/mol. The molecule has 1 aromatic heterocycles. The lowest BCUT2D eigenvalue weighted by atomic mass is 10.1. The van der Waals surface area contributed by atoms with Crippen LogP contribution in [-0.4, -0.2) is 5.91 Å². The molecule has 5 heteroatoms. The van der Waals surface area contributed by atoms with Crippen molar-refractivity contribution in [2.75, 3.05) is 5.32 Å². The maximum Gasteiger partial charge on any atom is 0.261 e. The van der Waals surface area contributed by atoms with E-state index >= 15 is 0 Å². The van der Waals surface area contributed by atoms with Gasteiger partial charge in [0.25, 0.3) is 5.91 Å². The van der Waals surface area contributed by atoms with E-state index < -0.39 is 0 Å². The summed E-state index contributed by atoms with van der Waals surface area (Å²) in [6.45, 7) is 3.87. The summed E-state index contributed by atoms with van der Waals surface area (Å²) in [7, 11) is 0. The van der Waals surface area contributed by atoms with Gasteiger partial charge in [0.15, 0.2) is 0 Å². The number of amides is 1. The van der Waals surface area contributed by atoms with Gasteiger partial charge < -0.3 is 9.73 Å². The van der Waals surface area contributed by atoms with Crippen molar-refractivity contribution in [1.29, 1.82) is 5.41 Å². The van der Waals surface area contributed by atoms with Crippen molar-refractivity contribution in [3.63, 3.8) is 0 Å². The Morgan fingerprint density at radius 3 is 2.70 bits per heavy atom. The molecule has 4 nitrogen and oxygen atoms in total. The first-order valence-electron chi connectivity index (χ1n) is 7.10. The van der Waals surface area contributed by atoms with Crippen molar-refractivity contribution >= 4 is 34.2 Å². The fourth-order valence-corrected chi connectivity index (χ4v) is 2.52. The molecular formula is C18H15ClN2O2. The second kappa shape index (κ2) is 5.89. The highest BCUT2D eigenvalue weighted by Gasteiger charge is 2.13. The van der Waals surface area contributed by atoms with Gasteiger partial charge in [-0.2, -0.15) is 0 Å². The summed E-state index contributed by atoms with van der Waals surface area (Å²) >= 11 is 5.97. The van der Waals surface area contributed by atoms with Crippen LogP contribution in [0.2, 0.25) is 5.02 Å². The first-order valence-corrected chi connectivity index (χ1v) is 7.48. The Hall–Kier alpha value is -2.59. The number of nitrogens with one attached hydrogen (secondary N) is 2. The molecule has 2 aromatic carbocycles. The minimum Gasteiger partial charge on any atom is -0.438 e. The molecule has 0 radical (unpaired) electrons. The standard InChI is InChI=1S/C18H15ClN2O2/c1-10-3-4-11(2)15(7-10)21-18(22)14-9-12-8-13(19)5-6-16(12)23-17(14)20/h3-9,20H,1-2H3,(H,21,22). The third-order valence-corrected chi connectivity index (χ3v) is 3.85. The molecule has 0 aliphatic heterocycles. The molecule has 23 heavy (non-hydrogen) atoms. The lowest BCUT2D eigenvalue weighted by Gasteiger charge is -2.10. The number of aryl methyl sites for hydroxylation is 2. The first kappa shape index (κ1) is 15.3. The van der Waals surface area contributed by atoms with E-state index in [0.717, 1.165) is 16.8 Å². The molecule has 0 unspecified atom stereocenters. The van der Waals surface area contributed by atoms with Crippen LogP contribution in [0.15, 0.2) is 46.9 Å². The molecule has 2 N–H and O–H groups in total. The molecule has 0 aliphatic carbocycles. The van der Waals surface area contributed by atoms with Crippen LogP contribution in [0.1, 0.15) is 21.5 Å². The number of anilines is 1. The van der Waals surface area contributed by atoms with Gasteiger partial charge in [-0.15, -0.1) is 0 Å². The summed E-state index contributed by atoms with van der Waals surface area (Å²) in [5.74, 6) is -0.380. The van der Waals surface area contributed by atoms with Gasteiger partial charge in [-0.05, 0) is 55.3 Å². The monoisotopic (exact) mass is 326 g/mol. The number of fused-ring (bicyclic) bond motifs is 1. The zero-order chi connectivity index (χ0) is 16.6. The van der Waals surface area contributed by atoms with Crippen molar-refractivity contribution in [1.82, 2.24) is 0 Å². The topological polar surface area (TPSA) is 66.1 Å². The van der Waals surface area contributed by atoms with Gasteiger partial charge in [0.2, 0.25) is 5.55 Å². The number of rotatable bonds is 2. The highest BCUT2D eigenvalue weighted by Crippen LogP contribution is 2.20. The first-order chi connectivity index (χ1) is 10.9. The molecule has 116 valence electrons. The average Bonchev–Trinajstić information content (AvgIpc) is 2.50. The summed E-state index contributed by atoms with van der Waals surface area (Å²) in [5.41, 5.74) is 3.23. The summed E-state index contributed by atoms with van der Waals surface area (Å²) in [6, 6.07) is 12.5. The molecule has 0 saturated carbocycles. The summed E-state index contributed by atoms with van der Waals surface area (Å²) in [4.78, 5) is 12.5. The van der Waals surface area contributed by atoms with E-state index in [9.17, 15) is 4.79 Å². The van der Waals surface area contributed by atoms with Gasteiger partial charge in [-0.3, -0.25) is 10.2 Å². The Balaban J connectivity index is 2.02. The van der Waals surface area contributed by atoms with Crippen LogP contribution >= 0.6 is 11.6 Å². The normalized spacial score (nSPS) is 10.7. The summed E-state index contributed by atoms with van der Waals surface area (Å²) in [6.07, 6.45) is 0. The minimum atomic E-state index is -0.380.